The van der Waals surface area contributed by atoms with E-state index in [2.05, 4.69) is 13.1 Å². The Labute approximate surface area is 152 Å². The van der Waals surface area contributed by atoms with Crippen molar-refractivity contribution in [1.29, 1.82) is 0 Å². The van der Waals surface area contributed by atoms with Crippen LogP contribution in [0.3, 0.4) is 0 Å². The summed E-state index contributed by atoms with van der Waals surface area (Å²) in [5.74, 6) is -0.0465. The van der Waals surface area contributed by atoms with Crippen LogP contribution in [0.15, 0.2) is 0 Å². The van der Waals surface area contributed by atoms with Crippen LogP contribution in [0.1, 0.15) is 41.0 Å². The molecule has 14 heteroatoms. The molecule has 0 aromatic heterocycles. The van der Waals surface area contributed by atoms with E-state index in [4.69, 9.17) is 14.7 Å². The molecule has 0 aliphatic rings. The fourth-order valence-electron chi connectivity index (χ4n) is 1.40. The summed E-state index contributed by atoms with van der Waals surface area (Å²) in [5.41, 5.74) is 0. The Hall–Kier alpha value is 1.41. The predicted molar refractivity (Wildman–Crippen MR) is 74.2 cm³/mol. The van der Waals surface area contributed by atoms with Gasteiger partial charge in [0.15, 0.2) is 0 Å². The zero-order valence-corrected chi connectivity index (χ0v) is 17.4. The molecule has 22 heavy (non-hydrogen) atoms. The average molecular weight is 394 g/mol. The summed E-state index contributed by atoms with van der Waals surface area (Å²) in [6.45, 7) is 3.63. The number of hydrogen-bond donors (Lipinski definition) is 4. The van der Waals surface area contributed by atoms with Crippen LogP contribution in [0.4, 0.5) is 0 Å². The Kier molecular flexibility index (Phi) is 13.0. The first-order chi connectivity index (χ1) is 9.41. The van der Waals surface area contributed by atoms with Crippen LogP contribution >= 0.6 is 23.5 Å². The maximum atomic E-state index is 11.5. The van der Waals surface area contributed by atoms with Gasteiger partial charge in [-0.05, 0) is 12.3 Å². The number of unbranched alkanes of at least 4 members (excludes halogenated alkanes) is 1. The molecule has 0 saturated heterocycles. The van der Waals surface area contributed by atoms with E-state index in [-0.39, 0.29) is 43.5 Å². The van der Waals surface area contributed by atoms with Gasteiger partial charge in [0.25, 0.3) is 0 Å². The smallest absolute Gasteiger partial charge is 1.00 e. The quantitative estimate of drug-likeness (QED) is 0.270. The maximum Gasteiger partial charge on any atom is 1.00 e. The first kappa shape index (κ1) is 25.6. The molecule has 0 saturated carbocycles. The van der Waals surface area contributed by atoms with Gasteiger partial charge in [0.2, 0.25) is 0 Å². The third-order valence-electron chi connectivity index (χ3n) is 2.43. The van der Waals surface area contributed by atoms with Gasteiger partial charge in [0.1, 0.15) is 0 Å². The van der Waals surface area contributed by atoms with E-state index in [1.165, 1.54) is 0 Å². The Morgan fingerprint density at radius 1 is 1.00 bits per heavy atom. The first-order valence-electron chi connectivity index (χ1n) is 6.19. The minimum atomic E-state index is -5.43. The van der Waals surface area contributed by atoms with Gasteiger partial charge in [-0.15, -0.1) is 0 Å². The van der Waals surface area contributed by atoms with E-state index in [0.717, 1.165) is 19.3 Å². The van der Waals surface area contributed by atoms with Gasteiger partial charge in [0.05, 0.1) is 6.61 Å². The number of phosphoric acid groups is 3. The molecular formula is C8H22NaO10P3. The molecule has 3 unspecified atom stereocenters. The second kappa shape index (κ2) is 11.1. The van der Waals surface area contributed by atoms with Crippen LogP contribution < -0.4 is 29.6 Å². The average Bonchev–Trinajstić information content (AvgIpc) is 2.24. The molecular weight excluding hydrogens is 372 g/mol. The van der Waals surface area contributed by atoms with Crippen LogP contribution in [-0.2, 0) is 26.8 Å². The van der Waals surface area contributed by atoms with Crippen molar-refractivity contribution in [1.82, 2.24) is 0 Å². The van der Waals surface area contributed by atoms with Crippen molar-refractivity contribution in [3.63, 3.8) is 0 Å². The molecule has 0 aliphatic heterocycles. The number of hydrogen-bond acceptors (Lipinski definition) is 6. The summed E-state index contributed by atoms with van der Waals surface area (Å²) in [7, 11) is -15.8. The van der Waals surface area contributed by atoms with E-state index in [9.17, 15) is 18.6 Å². The van der Waals surface area contributed by atoms with Crippen molar-refractivity contribution in [2.24, 2.45) is 5.92 Å². The fourth-order valence-corrected chi connectivity index (χ4v) is 4.49. The molecule has 3 atom stereocenters. The van der Waals surface area contributed by atoms with E-state index in [1.807, 2.05) is 13.8 Å². The Morgan fingerprint density at radius 2 is 1.55 bits per heavy atom. The Morgan fingerprint density at radius 3 is 1.95 bits per heavy atom. The van der Waals surface area contributed by atoms with Gasteiger partial charge in [0, 0.05) is 0 Å². The van der Waals surface area contributed by atoms with Gasteiger partial charge in [-0.1, -0.05) is 33.1 Å². The molecule has 0 rings (SSSR count). The van der Waals surface area contributed by atoms with Crippen molar-refractivity contribution in [2.75, 3.05) is 6.61 Å². The molecule has 0 spiro atoms. The van der Waals surface area contributed by atoms with Crippen LogP contribution in [-0.4, -0.2) is 26.2 Å². The normalized spacial score (nSPS) is 18.8. The van der Waals surface area contributed by atoms with Crippen molar-refractivity contribution < 1.29 is 77.4 Å². The second-order valence-electron chi connectivity index (χ2n) is 4.30. The summed E-state index contributed by atoms with van der Waals surface area (Å²) in [6.07, 6.45) is 3.22. The van der Waals surface area contributed by atoms with E-state index >= 15 is 0 Å². The summed E-state index contributed by atoms with van der Waals surface area (Å²) in [6, 6.07) is 0. The minimum absolute atomic E-state index is 0. The Balaban J connectivity index is -0.00000200. The van der Waals surface area contributed by atoms with Crippen molar-refractivity contribution in [3.8, 4) is 0 Å². The summed E-state index contributed by atoms with van der Waals surface area (Å²) < 4.78 is 44.7. The van der Waals surface area contributed by atoms with Crippen LogP contribution in [0.2, 0.25) is 0 Å². The van der Waals surface area contributed by atoms with Gasteiger partial charge < -0.3 is 21.0 Å². The van der Waals surface area contributed by atoms with Gasteiger partial charge in [-0.25, -0.2) is 13.7 Å². The standard InChI is InChI=1S/C8H21O10P3.Na.H/c1-3-5-6-8(4-2)7-16-20(12,13)18-21(14,15)17-19(9,10)11;;/h8H,3-7H2,1-2H3,(H,12,13)(H,14,15)(H2,9,10,11);;/q;+1;-1. The molecule has 0 aromatic carbocycles. The minimum Gasteiger partial charge on any atom is -1.00 e. The zero-order chi connectivity index (χ0) is 16.7. The van der Waals surface area contributed by atoms with E-state index in [0.29, 0.717) is 6.42 Å². The summed E-state index contributed by atoms with van der Waals surface area (Å²) in [4.78, 5) is 35.0. The molecule has 0 radical (unpaired) electrons. The molecule has 0 aromatic rings. The fraction of sp³-hybridized carbons (Fsp3) is 1.00. The monoisotopic (exact) mass is 394 g/mol. The van der Waals surface area contributed by atoms with Crippen molar-refractivity contribution in [2.45, 2.75) is 39.5 Å². The molecule has 0 amide bonds. The molecule has 0 aliphatic carbocycles. The largest absolute Gasteiger partial charge is 1.00 e. The number of rotatable bonds is 11. The third-order valence-corrected chi connectivity index (χ3v) is 6.24. The van der Waals surface area contributed by atoms with Crippen LogP contribution in [0.25, 0.3) is 0 Å². The maximum absolute atomic E-state index is 11.5. The molecule has 0 heterocycles. The van der Waals surface area contributed by atoms with Gasteiger partial charge in [-0.3, -0.25) is 4.52 Å². The summed E-state index contributed by atoms with van der Waals surface area (Å²) >= 11 is 0. The van der Waals surface area contributed by atoms with E-state index in [1.54, 1.807) is 0 Å². The number of phosphoric ester groups is 1. The molecule has 4 N–H and O–H groups in total. The first-order valence-corrected chi connectivity index (χ1v) is 10.7. The van der Waals surface area contributed by atoms with E-state index < -0.39 is 23.5 Å². The molecule has 130 valence electrons. The molecule has 0 bridgehead atoms. The van der Waals surface area contributed by atoms with Crippen LogP contribution in [0, 0.1) is 5.92 Å². The zero-order valence-electron chi connectivity index (χ0n) is 13.7. The SMILES string of the molecule is CCCCC(CC)COP(=O)(O)OP(=O)(O)OP(=O)(O)O.[H-].[Na+]. The van der Waals surface area contributed by atoms with Crippen LogP contribution in [0.5, 0.6) is 0 Å². The summed E-state index contributed by atoms with van der Waals surface area (Å²) in [5, 5.41) is 0. The molecule has 0 fully saturated rings. The topological polar surface area (TPSA) is 160 Å². The Bertz CT molecular complexity index is 457. The third kappa shape index (κ3) is 13.8. The second-order valence-corrected chi connectivity index (χ2v) is 8.72. The molecule has 10 nitrogen and oxygen atoms in total. The van der Waals surface area contributed by atoms with Crippen molar-refractivity contribution >= 4 is 23.5 Å². The van der Waals surface area contributed by atoms with Gasteiger partial charge >= 0.3 is 53.0 Å². The van der Waals surface area contributed by atoms with Gasteiger partial charge in [-0.2, -0.15) is 8.62 Å². The van der Waals surface area contributed by atoms with Crippen molar-refractivity contribution in [3.05, 3.63) is 0 Å². The predicted octanol–water partition coefficient (Wildman–Crippen LogP) is -0.337.